The van der Waals surface area contributed by atoms with Crippen molar-refractivity contribution in [2.24, 2.45) is 0 Å². The van der Waals surface area contributed by atoms with E-state index >= 15 is 0 Å². The Balaban J connectivity index is 3.26. The molecule has 0 aliphatic carbocycles. The normalized spacial score (nSPS) is 15.4. The summed E-state index contributed by atoms with van der Waals surface area (Å²) >= 11 is 3.35. The minimum absolute atomic E-state index is 0.0244. The number of halogens is 1. The summed E-state index contributed by atoms with van der Waals surface area (Å²) in [5.41, 5.74) is -0.788. The van der Waals surface area contributed by atoms with Crippen molar-refractivity contribution in [3.8, 4) is 0 Å². The smallest absolute Gasteiger partial charge is 0.0663 e. The van der Waals surface area contributed by atoms with Gasteiger partial charge in [-0.3, -0.25) is 0 Å². The molecule has 14 heavy (non-hydrogen) atoms. The van der Waals surface area contributed by atoms with Crippen LogP contribution in [0.5, 0.6) is 0 Å². The lowest BCUT2D eigenvalue weighted by molar-refractivity contribution is -0.00320. The molecule has 1 unspecified atom stereocenters. The van der Waals surface area contributed by atoms with Crippen LogP contribution in [0.15, 0.2) is 0 Å². The summed E-state index contributed by atoms with van der Waals surface area (Å²) in [5, 5.41) is 19.4. The van der Waals surface area contributed by atoms with Crippen LogP contribution in [0.1, 0.15) is 32.6 Å². The average Bonchev–Trinajstić information content (AvgIpc) is 2.11. The van der Waals surface area contributed by atoms with Crippen LogP contribution < -0.4 is 0 Å². The van der Waals surface area contributed by atoms with Gasteiger partial charge in [-0.15, -0.1) is 0 Å². The van der Waals surface area contributed by atoms with Crippen LogP contribution in [-0.4, -0.2) is 41.0 Å². The van der Waals surface area contributed by atoms with Crippen molar-refractivity contribution in [2.45, 2.75) is 38.2 Å². The molecular formula is C10H21BrO3. The predicted octanol–water partition coefficient (Wildman–Crippen LogP) is 1.70. The predicted molar refractivity (Wildman–Crippen MR) is 60.8 cm³/mol. The summed E-state index contributed by atoms with van der Waals surface area (Å²) < 4.78 is 5.36. The number of rotatable bonds is 9. The van der Waals surface area contributed by atoms with Crippen LogP contribution in [0.4, 0.5) is 0 Å². The maximum Gasteiger partial charge on any atom is 0.0663 e. The molecule has 0 aliphatic rings. The molecule has 86 valence electrons. The van der Waals surface area contributed by atoms with Gasteiger partial charge in [-0.05, 0) is 32.6 Å². The van der Waals surface area contributed by atoms with E-state index in [2.05, 4.69) is 15.9 Å². The summed E-state index contributed by atoms with van der Waals surface area (Å²) in [4.78, 5) is 0. The highest BCUT2D eigenvalue weighted by Gasteiger charge is 2.18. The molecule has 0 bridgehead atoms. The molecule has 1 atom stereocenters. The molecule has 0 aliphatic heterocycles. The van der Waals surface area contributed by atoms with Gasteiger partial charge in [0.25, 0.3) is 0 Å². The number of alkyl halides is 1. The van der Waals surface area contributed by atoms with Crippen molar-refractivity contribution < 1.29 is 14.9 Å². The van der Waals surface area contributed by atoms with Gasteiger partial charge in [0.15, 0.2) is 0 Å². The van der Waals surface area contributed by atoms with E-state index in [-0.39, 0.29) is 6.61 Å². The van der Waals surface area contributed by atoms with E-state index in [1.165, 1.54) is 0 Å². The molecule has 0 aromatic carbocycles. The van der Waals surface area contributed by atoms with Gasteiger partial charge in [-0.2, -0.15) is 0 Å². The fraction of sp³-hybridized carbons (Fsp3) is 1.00. The Kier molecular flexibility index (Phi) is 8.87. The molecule has 0 spiro atoms. The molecule has 0 radical (unpaired) electrons. The van der Waals surface area contributed by atoms with Crippen LogP contribution in [0.2, 0.25) is 0 Å². The molecule has 0 saturated heterocycles. The third-order valence-corrected chi connectivity index (χ3v) is 2.67. The van der Waals surface area contributed by atoms with Crippen molar-refractivity contribution >= 4 is 15.9 Å². The van der Waals surface area contributed by atoms with E-state index in [1.54, 1.807) is 6.92 Å². The molecular weight excluding hydrogens is 248 g/mol. The van der Waals surface area contributed by atoms with Crippen LogP contribution in [0, 0.1) is 0 Å². The fourth-order valence-corrected chi connectivity index (χ4v) is 1.46. The summed E-state index contributed by atoms with van der Waals surface area (Å²) in [7, 11) is 0. The van der Waals surface area contributed by atoms with Gasteiger partial charge in [0.1, 0.15) is 0 Å². The number of aliphatic hydroxyl groups excluding tert-OH is 1. The second-order valence-corrected chi connectivity index (χ2v) is 4.52. The molecule has 0 fully saturated rings. The molecule has 0 rings (SSSR count). The van der Waals surface area contributed by atoms with Crippen LogP contribution in [-0.2, 0) is 4.74 Å². The Bertz CT molecular complexity index is 129. The zero-order chi connectivity index (χ0) is 10.9. The average molecular weight is 269 g/mol. The summed E-state index contributed by atoms with van der Waals surface area (Å²) in [6.07, 6.45) is 3.17. The molecule has 3 nitrogen and oxygen atoms in total. The maximum absolute atomic E-state index is 9.67. The monoisotopic (exact) mass is 268 g/mol. The SMILES string of the molecule is CC(O)(CCO)CCOCCCCBr. The third-order valence-electron chi connectivity index (χ3n) is 2.11. The van der Waals surface area contributed by atoms with Crippen LogP contribution in [0.25, 0.3) is 0 Å². The Morgan fingerprint density at radius 1 is 1.21 bits per heavy atom. The van der Waals surface area contributed by atoms with E-state index in [4.69, 9.17) is 9.84 Å². The van der Waals surface area contributed by atoms with E-state index in [0.717, 1.165) is 24.8 Å². The van der Waals surface area contributed by atoms with Crippen molar-refractivity contribution in [2.75, 3.05) is 25.2 Å². The molecule has 4 heteroatoms. The Morgan fingerprint density at radius 2 is 1.93 bits per heavy atom. The first kappa shape index (κ1) is 14.4. The first-order chi connectivity index (χ1) is 6.62. The summed E-state index contributed by atoms with van der Waals surface area (Å²) in [6.45, 7) is 3.07. The number of unbranched alkanes of at least 4 members (excludes halogenated alkanes) is 1. The van der Waals surface area contributed by atoms with E-state index in [9.17, 15) is 5.11 Å². The van der Waals surface area contributed by atoms with Crippen LogP contribution in [0.3, 0.4) is 0 Å². The van der Waals surface area contributed by atoms with Gasteiger partial charge in [-0.25, -0.2) is 0 Å². The largest absolute Gasteiger partial charge is 0.396 e. The topological polar surface area (TPSA) is 49.7 Å². The van der Waals surface area contributed by atoms with Crippen LogP contribution >= 0.6 is 15.9 Å². The zero-order valence-corrected chi connectivity index (χ0v) is 10.4. The van der Waals surface area contributed by atoms with Gasteiger partial charge < -0.3 is 14.9 Å². The lowest BCUT2D eigenvalue weighted by atomic mass is 9.99. The molecule has 2 N–H and O–H groups in total. The highest BCUT2D eigenvalue weighted by atomic mass is 79.9. The minimum atomic E-state index is -0.788. The molecule has 0 saturated carbocycles. The highest BCUT2D eigenvalue weighted by Crippen LogP contribution is 2.13. The van der Waals surface area contributed by atoms with E-state index in [1.807, 2.05) is 0 Å². The lowest BCUT2D eigenvalue weighted by Crippen LogP contribution is -2.27. The molecule has 0 aromatic rings. The molecule has 0 amide bonds. The number of hydrogen-bond donors (Lipinski definition) is 2. The van der Waals surface area contributed by atoms with Crippen molar-refractivity contribution in [1.29, 1.82) is 0 Å². The lowest BCUT2D eigenvalue weighted by Gasteiger charge is -2.21. The van der Waals surface area contributed by atoms with Crippen molar-refractivity contribution in [1.82, 2.24) is 0 Å². The number of hydrogen-bond acceptors (Lipinski definition) is 3. The van der Waals surface area contributed by atoms with Gasteiger partial charge in [0, 0.05) is 25.2 Å². The van der Waals surface area contributed by atoms with Gasteiger partial charge >= 0.3 is 0 Å². The molecule has 0 heterocycles. The Hall–Kier alpha value is 0.360. The summed E-state index contributed by atoms with van der Waals surface area (Å²) in [5.74, 6) is 0. The maximum atomic E-state index is 9.67. The quantitative estimate of drug-likeness (QED) is 0.495. The highest BCUT2D eigenvalue weighted by molar-refractivity contribution is 9.09. The van der Waals surface area contributed by atoms with Gasteiger partial charge in [-0.1, -0.05) is 15.9 Å². The second-order valence-electron chi connectivity index (χ2n) is 3.73. The van der Waals surface area contributed by atoms with Crippen molar-refractivity contribution in [3.63, 3.8) is 0 Å². The zero-order valence-electron chi connectivity index (χ0n) is 8.84. The van der Waals surface area contributed by atoms with Crippen molar-refractivity contribution in [3.05, 3.63) is 0 Å². The second kappa shape index (κ2) is 8.65. The van der Waals surface area contributed by atoms with Gasteiger partial charge in [0.2, 0.25) is 0 Å². The first-order valence-corrected chi connectivity index (χ1v) is 6.21. The third kappa shape index (κ3) is 8.94. The summed E-state index contributed by atoms with van der Waals surface area (Å²) in [6, 6.07) is 0. The Morgan fingerprint density at radius 3 is 2.50 bits per heavy atom. The first-order valence-electron chi connectivity index (χ1n) is 5.09. The number of aliphatic hydroxyl groups is 2. The number of ether oxygens (including phenoxy) is 1. The Labute approximate surface area is 94.6 Å². The minimum Gasteiger partial charge on any atom is -0.396 e. The fourth-order valence-electron chi connectivity index (χ4n) is 1.06. The van der Waals surface area contributed by atoms with E-state index < -0.39 is 5.60 Å². The van der Waals surface area contributed by atoms with Gasteiger partial charge in [0.05, 0.1) is 5.60 Å². The standard InChI is InChI=1S/C10H21BrO3/c1-10(13,4-7-12)5-9-14-8-3-2-6-11/h12-13H,2-9H2,1H3. The molecule has 0 aromatic heterocycles. The van der Waals surface area contributed by atoms with E-state index in [0.29, 0.717) is 19.4 Å².